The van der Waals surface area contributed by atoms with Crippen molar-refractivity contribution in [1.29, 1.82) is 0 Å². The highest BCUT2D eigenvalue weighted by molar-refractivity contribution is 9.10. The molecular formula is C15H19BrN2S. The average molecular weight is 339 g/mol. The molecule has 0 aliphatic rings. The fraction of sp³-hybridized carbons (Fsp3) is 0.400. The van der Waals surface area contributed by atoms with E-state index >= 15 is 0 Å². The molecule has 0 amide bonds. The average Bonchev–Trinajstić information content (AvgIpc) is 2.66. The number of benzene rings is 1. The summed E-state index contributed by atoms with van der Waals surface area (Å²) in [6, 6.07) is 6.32. The van der Waals surface area contributed by atoms with E-state index in [0.29, 0.717) is 5.13 Å². The first kappa shape index (κ1) is 14.5. The van der Waals surface area contributed by atoms with Crippen LogP contribution < -0.4 is 5.73 Å². The number of hydrogen-bond acceptors (Lipinski definition) is 3. The van der Waals surface area contributed by atoms with Gasteiger partial charge >= 0.3 is 0 Å². The standard InChI is InChI=1S/C15H19BrN2S/c1-9-10(6-5-7-11(9)16)8-12-13(15(2,3)4)18-14(17)19-12/h5-7H,8H2,1-4H3,(H2,17,18). The summed E-state index contributed by atoms with van der Waals surface area (Å²) in [5.41, 5.74) is 9.66. The lowest BCUT2D eigenvalue weighted by Gasteiger charge is -2.18. The number of anilines is 1. The Labute approximate surface area is 127 Å². The van der Waals surface area contributed by atoms with Crippen LogP contribution in [0, 0.1) is 6.92 Å². The Morgan fingerprint density at radius 1 is 1.32 bits per heavy atom. The van der Waals surface area contributed by atoms with E-state index in [4.69, 9.17) is 5.73 Å². The van der Waals surface area contributed by atoms with Crippen LogP contribution in [0.3, 0.4) is 0 Å². The molecule has 0 unspecified atom stereocenters. The number of rotatable bonds is 2. The maximum Gasteiger partial charge on any atom is 0.180 e. The van der Waals surface area contributed by atoms with Crippen molar-refractivity contribution in [3.63, 3.8) is 0 Å². The predicted octanol–water partition coefficient (Wildman–Crippen LogP) is 4.68. The molecule has 2 nitrogen and oxygen atoms in total. The molecule has 0 radical (unpaired) electrons. The number of nitrogens with two attached hydrogens (primary N) is 1. The van der Waals surface area contributed by atoms with E-state index in [0.717, 1.165) is 16.6 Å². The molecule has 0 atom stereocenters. The third kappa shape index (κ3) is 3.18. The van der Waals surface area contributed by atoms with Gasteiger partial charge in [-0.05, 0) is 24.1 Å². The minimum absolute atomic E-state index is 0.0311. The van der Waals surface area contributed by atoms with Gasteiger partial charge in [0.25, 0.3) is 0 Å². The lowest BCUT2D eigenvalue weighted by Crippen LogP contribution is -2.14. The summed E-state index contributed by atoms with van der Waals surface area (Å²) < 4.78 is 1.15. The number of aromatic nitrogens is 1. The smallest absolute Gasteiger partial charge is 0.180 e. The van der Waals surface area contributed by atoms with Crippen LogP contribution in [0.2, 0.25) is 0 Å². The van der Waals surface area contributed by atoms with Crippen LogP contribution in [-0.4, -0.2) is 4.98 Å². The second-order valence-electron chi connectivity index (χ2n) is 5.77. The van der Waals surface area contributed by atoms with Gasteiger partial charge in [-0.1, -0.05) is 48.8 Å². The number of thiazole rings is 1. The van der Waals surface area contributed by atoms with Gasteiger partial charge in [0.1, 0.15) is 0 Å². The maximum absolute atomic E-state index is 5.90. The van der Waals surface area contributed by atoms with E-state index in [1.165, 1.54) is 16.0 Å². The monoisotopic (exact) mass is 338 g/mol. The highest BCUT2D eigenvalue weighted by atomic mass is 79.9. The molecule has 0 spiro atoms. The van der Waals surface area contributed by atoms with E-state index in [2.05, 4.69) is 66.8 Å². The zero-order chi connectivity index (χ0) is 14.2. The van der Waals surface area contributed by atoms with Crippen molar-refractivity contribution < 1.29 is 0 Å². The summed E-state index contributed by atoms with van der Waals surface area (Å²) in [4.78, 5) is 5.78. The first-order valence-corrected chi connectivity index (χ1v) is 7.89. The van der Waals surface area contributed by atoms with Gasteiger partial charge in [0.05, 0.1) is 5.69 Å². The van der Waals surface area contributed by atoms with Gasteiger partial charge in [0, 0.05) is 21.2 Å². The van der Waals surface area contributed by atoms with E-state index in [1.54, 1.807) is 11.3 Å². The van der Waals surface area contributed by atoms with E-state index < -0.39 is 0 Å². The van der Waals surface area contributed by atoms with Crippen LogP contribution in [0.4, 0.5) is 5.13 Å². The molecule has 0 saturated carbocycles. The van der Waals surface area contributed by atoms with Gasteiger partial charge in [0.2, 0.25) is 0 Å². The van der Waals surface area contributed by atoms with Crippen LogP contribution >= 0.6 is 27.3 Å². The molecule has 2 rings (SSSR count). The fourth-order valence-corrected chi connectivity index (χ4v) is 3.57. The Hall–Kier alpha value is -0.870. The van der Waals surface area contributed by atoms with Crippen LogP contribution in [0.1, 0.15) is 42.5 Å². The maximum atomic E-state index is 5.90. The number of halogens is 1. The van der Waals surface area contributed by atoms with Gasteiger partial charge in [-0.25, -0.2) is 4.98 Å². The molecule has 19 heavy (non-hydrogen) atoms. The number of hydrogen-bond donors (Lipinski definition) is 1. The van der Waals surface area contributed by atoms with Crippen molar-refractivity contribution in [2.45, 2.75) is 39.5 Å². The second-order valence-corrected chi connectivity index (χ2v) is 7.74. The SMILES string of the molecule is Cc1c(Br)cccc1Cc1sc(N)nc1C(C)(C)C. The molecule has 0 fully saturated rings. The lowest BCUT2D eigenvalue weighted by molar-refractivity contribution is 0.568. The molecular weight excluding hydrogens is 320 g/mol. The molecule has 1 aromatic carbocycles. The minimum atomic E-state index is 0.0311. The van der Waals surface area contributed by atoms with E-state index in [9.17, 15) is 0 Å². The minimum Gasteiger partial charge on any atom is -0.375 e. The predicted molar refractivity (Wildman–Crippen MR) is 86.9 cm³/mol. The zero-order valence-electron chi connectivity index (χ0n) is 11.7. The van der Waals surface area contributed by atoms with Crippen molar-refractivity contribution in [2.75, 3.05) is 5.73 Å². The molecule has 102 valence electrons. The quantitative estimate of drug-likeness (QED) is 0.862. The summed E-state index contributed by atoms with van der Waals surface area (Å²) in [5.74, 6) is 0. The van der Waals surface area contributed by atoms with E-state index in [-0.39, 0.29) is 5.41 Å². The zero-order valence-corrected chi connectivity index (χ0v) is 14.2. The first-order chi connectivity index (χ1) is 8.79. The Balaban J connectivity index is 2.41. The fourth-order valence-electron chi connectivity index (χ4n) is 2.09. The third-order valence-electron chi connectivity index (χ3n) is 3.16. The molecule has 1 aromatic heterocycles. The molecule has 0 aliphatic carbocycles. The molecule has 0 saturated heterocycles. The Kier molecular flexibility index (Phi) is 4.02. The Morgan fingerprint density at radius 3 is 2.63 bits per heavy atom. The summed E-state index contributed by atoms with van der Waals surface area (Å²) in [7, 11) is 0. The van der Waals surface area contributed by atoms with Crippen LogP contribution in [0.5, 0.6) is 0 Å². The van der Waals surface area contributed by atoms with Crippen molar-refractivity contribution >= 4 is 32.4 Å². The normalized spacial score (nSPS) is 11.8. The molecule has 0 aliphatic heterocycles. The topological polar surface area (TPSA) is 38.9 Å². The van der Waals surface area contributed by atoms with Gasteiger partial charge in [-0.15, -0.1) is 11.3 Å². The van der Waals surface area contributed by atoms with Crippen LogP contribution in [0.25, 0.3) is 0 Å². The lowest BCUT2D eigenvalue weighted by atomic mass is 9.89. The molecule has 2 N–H and O–H groups in total. The van der Waals surface area contributed by atoms with Gasteiger partial charge in [0.15, 0.2) is 5.13 Å². The summed E-state index contributed by atoms with van der Waals surface area (Å²) in [6.45, 7) is 8.68. The van der Waals surface area contributed by atoms with Crippen molar-refractivity contribution in [1.82, 2.24) is 4.98 Å². The van der Waals surface area contributed by atoms with Crippen molar-refractivity contribution in [2.24, 2.45) is 0 Å². The molecule has 4 heteroatoms. The molecule has 2 aromatic rings. The van der Waals surface area contributed by atoms with Gasteiger partial charge < -0.3 is 5.73 Å². The highest BCUT2D eigenvalue weighted by Gasteiger charge is 2.23. The first-order valence-electron chi connectivity index (χ1n) is 6.28. The largest absolute Gasteiger partial charge is 0.375 e. The summed E-state index contributed by atoms with van der Waals surface area (Å²) >= 11 is 5.19. The summed E-state index contributed by atoms with van der Waals surface area (Å²) in [5, 5.41) is 0.660. The van der Waals surface area contributed by atoms with E-state index in [1.807, 2.05) is 0 Å². The Bertz CT molecular complexity index is 597. The second kappa shape index (κ2) is 5.25. The molecule has 0 bridgehead atoms. The third-order valence-corrected chi connectivity index (χ3v) is 4.90. The summed E-state index contributed by atoms with van der Waals surface area (Å²) in [6.07, 6.45) is 0.896. The van der Waals surface area contributed by atoms with Crippen LogP contribution in [0.15, 0.2) is 22.7 Å². The number of nitrogens with zero attached hydrogens (tertiary/aromatic N) is 1. The van der Waals surface area contributed by atoms with Gasteiger partial charge in [-0.3, -0.25) is 0 Å². The van der Waals surface area contributed by atoms with Gasteiger partial charge in [-0.2, -0.15) is 0 Å². The Morgan fingerprint density at radius 2 is 2.00 bits per heavy atom. The molecule has 1 heterocycles. The number of nitrogen functional groups attached to an aromatic ring is 1. The highest BCUT2D eigenvalue weighted by Crippen LogP contribution is 2.33. The van der Waals surface area contributed by atoms with Crippen LogP contribution in [-0.2, 0) is 11.8 Å². The van der Waals surface area contributed by atoms with Crippen molar-refractivity contribution in [3.8, 4) is 0 Å². The van der Waals surface area contributed by atoms with Crippen molar-refractivity contribution in [3.05, 3.63) is 44.4 Å².